The molecule has 1 aromatic heterocycles. The maximum absolute atomic E-state index is 11.9. The van der Waals surface area contributed by atoms with E-state index in [4.69, 9.17) is 4.42 Å². The van der Waals surface area contributed by atoms with Crippen LogP contribution in [0, 0.1) is 6.92 Å². The van der Waals surface area contributed by atoms with Gasteiger partial charge in [0, 0.05) is 12.1 Å². The van der Waals surface area contributed by atoms with Crippen LogP contribution in [0.15, 0.2) is 16.7 Å². The van der Waals surface area contributed by atoms with Crippen molar-refractivity contribution in [3.05, 3.63) is 23.7 Å². The van der Waals surface area contributed by atoms with E-state index in [-0.39, 0.29) is 18.2 Å². The van der Waals surface area contributed by atoms with Gasteiger partial charge in [0.05, 0.1) is 13.4 Å². The van der Waals surface area contributed by atoms with Gasteiger partial charge in [-0.15, -0.1) is 0 Å². The molecule has 0 aliphatic rings. The zero-order valence-electron chi connectivity index (χ0n) is 9.65. The number of rotatable bonds is 4. The Morgan fingerprint density at radius 1 is 1.50 bits per heavy atom. The van der Waals surface area contributed by atoms with E-state index in [1.54, 1.807) is 19.9 Å². The zero-order chi connectivity index (χ0) is 12.1. The second-order valence-corrected chi connectivity index (χ2v) is 3.33. The normalized spacial score (nSPS) is 9.94. The van der Waals surface area contributed by atoms with Crippen LogP contribution in [0.1, 0.15) is 23.0 Å². The lowest BCUT2D eigenvalue weighted by atomic mass is 10.2. The van der Waals surface area contributed by atoms with Gasteiger partial charge in [-0.1, -0.05) is 0 Å². The quantitative estimate of drug-likeness (QED) is 0.723. The molecule has 88 valence electrons. The van der Waals surface area contributed by atoms with Gasteiger partial charge < -0.3 is 14.1 Å². The molecule has 0 spiro atoms. The number of likely N-dealkylation sites (N-methyl/N-ethyl adjacent to an activating group) is 1. The van der Waals surface area contributed by atoms with Crippen molar-refractivity contribution in [2.45, 2.75) is 13.8 Å². The Balaban J connectivity index is 2.78. The molecule has 0 N–H and O–H groups in total. The highest BCUT2D eigenvalue weighted by molar-refractivity contribution is 5.94. The number of esters is 1. The highest BCUT2D eigenvalue weighted by Crippen LogP contribution is 2.11. The molecule has 0 aliphatic carbocycles. The van der Waals surface area contributed by atoms with Crippen molar-refractivity contribution in [1.82, 2.24) is 4.90 Å². The van der Waals surface area contributed by atoms with Crippen molar-refractivity contribution in [2.75, 3.05) is 20.2 Å². The number of hydrogen-bond donors (Lipinski definition) is 0. The maximum atomic E-state index is 11.9. The van der Waals surface area contributed by atoms with Crippen LogP contribution in [0.2, 0.25) is 0 Å². The predicted molar refractivity (Wildman–Crippen MR) is 57.0 cm³/mol. The number of furan rings is 1. The Hall–Kier alpha value is -1.78. The van der Waals surface area contributed by atoms with Crippen LogP contribution in [0.5, 0.6) is 0 Å². The molecule has 1 heterocycles. The number of ether oxygens (including phenoxy) is 1. The molecule has 0 radical (unpaired) electrons. The van der Waals surface area contributed by atoms with Gasteiger partial charge in [0.2, 0.25) is 0 Å². The number of nitrogens with zero attached hydrogens (tertiary/aromatic N) is 1. The van der Waals surface area contributed by atoms with E-state index in [9.17, 15) is 9.59 Å². The first-order valence-electron chi connectivity index (χ1n) is 5.00. The first-order valence-corrected chi connectivity index (χ1v) is 5.00. The van der Waals surface area contributed by atoms with Gasteiger partial charge in [0.15, 0.2) is 5.76 Å². The van der Waals surface area contributed by atoms with E-state index in [0.29, 0.717) is 6.54 Å². The van der Waals surface area contributed by atoms with E-state index >= 15 is 0 Å². The molecule has 0 unspecified atom stereocenters. The van der Waals surface area contributed by atoms with Gasteiger partial charge in [-0.3, -0.25) is 9.59 Å². The number of carbonyl (C=O) groups is 2. The number of carbonyl (C=O) groups excluding carboxylic acids is 2. The average Bonchev–Trinajstić information content (AvgIpc) is 2.71. The minimum Gasteiger partial charge on any atom is -0.468 e. The van der Waals surface area contributed by atoms with Gasteiger partial charge in [0.1, 0.15) is 6.54 Å². The summed E-state index contributed by atoms with van der Waals surface area (Å²) in [7, 11) is 1.29. The second-order valence-electron chi connectivity index (χ2n) is 3.33. The molecule has 16 heavy (non-hydrogen) atoms. The van der Waals surface area contributed by atoms with E-state index in [1.165, 1.54) is 18.3 Å². The Morgan fingerprint density at radius 3 is 2.62 bits per heavy atom. The van der Waals surface area contributed by atoms with Crippen LogP contribution >= 0.6 is 0 Å². The summed E-state index contributed by atoms with van der Waals surface area (Å²) < 4.78 is 9.60. The predicted octanol–water partition coefficient (Wildman–Crippen LogP) is 1.22. The highest BCUT2D eigenvalue weighted by atomic mass is 16.5. The van der Waals surface area contributed by atoms with Gasteiger partial charge in [-0.25, -0.2) is 0 Å². The zero-order valence-corrected chi connectivity index (χ0v) is 9.65. The van der Waals surface area contributed by atoms with Crippen molar-refractivity contribution < 1.29 is 18.7 Å². The fraction of sp³-hybridized carbons (Fsp3) is 0.455. The van der Waals surface area contributed by atoms with Crippen LogP contribution in [0.25, 0.3) is 0 Å². The summed E-state index contributed by atoms with van der Waals surface area (Å²) in [5.74, 6) is -0.472. The van der Waals surface area contributed by atoms with Crippen LogP contribution in [0.4, 0.5) is 0 Å². The Bertz CT molecular complexity index is 383. The molecule has 0 atom stereocenters. The lowest BCUT2D eigenvalue weighted by Gasteiger charge is -2.18. The lowest BCUT2D eigenvalue weighted by molar-refractivity contribution is -0.141. The molecule has 5 nitrogen and oxygen atoms in total. The topological polar surface area (TPSA) is 59.8 Å². The van der Waals surface area contributed by atoms with Gasteiger partial charge in [-0.05, 0) is 19.9 Å². The Kier molecular flexibility index (Phi) is 4.10. The molecule has 0 bridgehead atoms. The molecular weight excluding hydrogens is 210 g/mol. The average molecular weight is 225 g/mol. The molecule has 0 saturated heterocycles. The smallest absolute Gasteiger partial charge is 0.325 e. The lowest BCUT2D eigenvalue weighted by Crippen LogP contribution is -2.36. The van der Waals surface area contributed by atoms with Crippen molar-refractivity contribution in [3.63, 3.8) is 0 Å². The molecule has 0 saturated carbocycles. The third-order valence-corrected chi connectivity index (χ3v) is 2.27. The summed E-state index contributed by atoms with van der Waals surface area (Å²) in [6, 6.07) is 1.71. The van der Waals surface area contributed by atoms with Gasteiger partial charge in [-0.2, -0.15) is 0 Å². The molecule has 1 rings (SSSR count). The Morgan fingerprint density at radius 2 is 2.19 bits per heavy atom. The first-order chi connectivity index (χ1) is 7.60. The van der Waals surface area contributed by atoms with Crippen molar-refractivity contribution in [2.24, 2.45) is 0 Å². The summed E-state index contributed by atoms with van der Waals surface area (Å²) in [6.07, 6.45) is 1.45. The van der Waals surface area contributed by atoms with Crippen molar-refractivity contribution in [3.8, 4) is 0 Å². The minimum atomic E-state index is -0.445. The SMILES string of the molecule is CCN(CC(=O)OC)C(=O)c1occc1C. The monoisotopic (exact) mass is 225 g/mol. The molecular formula is C11H15NO4. The first kappa shape index (κ1) is 12.3. The van der Waals surface area contributed by atoms with E-state index in [1.807, 2.05) is 0 Å². The number of amides is 1. The number of methoxy groups -OCH3 is 1. The fourth-order valence-electron chi connectivity index (χ4n) is 1.28. The fourth-order valence-corrected chi connectivity index (χ4v) is 1.28. The van der Waals surface area contributed by atoms with Crippen LogP contribution in [0.3, 0.4) is 0 Å². The number of hydrogen-bond acceptors (Lipinski definition) is 4. The summed E-state index contributed by atoms with van der Waals surface area (Å²) in [5.41, 5.74) is 0.758. The third-order valence-electron chi connectivity index (χ3n) is 2.27. The number of aryl methyl sites for hydroxylation is 1. The van der Waals surface area contributed by atoms with Gasteiger partial charge >= 0.3 is 5.97 Å². The molecule has 0 aliphatic heterocycles. The Labute approximate surface area is 94.0 Å². The molecule has 5 heteroatoms. The molecule has 1 aromatic rings. The molecule has 1 amide bonds. The van der Waals surface area contributed by atoms with E-state index in [2.05, 4.69) is 4.74 Å². The largest absolute Gasteiger partial charge is 0.468 e. The van der Waals surface area contributed by atoms with Crippen molar-refractivity contribution >= 4 is 11.9 Å². The van der Waals surface area contributed by atoms with Crippen LogP contribution < -0.4 is 0 Å². The molecule has 0 aromatic carbocycles. The van der Waals surface area contributed by atoms with Crippen molar-refractivity contribution in [1.29, 1.82) is 0 Å². The van der Waals surface area contributed by atoms with Crippen LogP contribution in [-0.2, 0) is 9.53 Å². The third kappa shape index (κ3) is 2.62. The van der Waals surface area contributed by atoms with Crippen LogP contribution in [-0.4, -0.2) is 37.0 Å². The summed E-state index contributed by atoms with van der Waals surface area (Å²) in [4.78, 5) is 24.4. The van der Waals surface area contributed by atoms with E-state index < -0.39 is 5.97 Å². The van der Waals surface area contributed by atoms with E-state index in [0.717, 1.165) is 5.56 Å². The summed E-state index contributed by atoms with van der Waals surface area (Å²) in [5, 5.41) is 0. The summed E-state index contributed by atoms with van der Waals surface area (Å²) >= 11 is 0. The maximum Gasteiger partial charge on any atom is 0.325 e. The highest BCUT2D eigenvalue weighted by Gasteiger charge is 2.21. The second kappa shape index (κ2) is 5.34. The molecule has 0 fully saturated rings. The van der Waals surface area contributed by atoms with Gasteiger partial charge in [0.25, 0.3) is 5.91 Å². The standard InChI is InChI=1S/C11H15NO4/c1-4-12(7-9(13)15-3)11(14)10-8(2)5-6-16-10/h5-6H,4,7H2,1-3H3. The summed E-state index contributed by atoms with van der Waals surface area (Å²) in [6.45, 7) is 3.93. The minimum absolute atomic E-state index is 0.0635.